The van der Waals surface area contributed by atoms with E-state index in [0.29, 0.717) is 32.5 Å². The highest BCUT2D eigenvalue weighted by Gasteiger charge is 2.30. The molecule has 2 atom stereocenters. The van der Waals surface area contributed by atoms with Crippen LogP contribution < -0.4 is 0 Å². The van der Waals surface area contributed by atoms with Crippen molar-refractivity contribution >= 4 is 5.91 Å². The largest absolute Gasteiger partial charge is 0.391 e. The number of hydrogen-bond acceptors (Lipinski definition) is 3. The van der Waals surface area contributed by atoms with Crippen molar-refractivity contribution in [2.24, 2.45) is 0 Å². The summed E-state index contributed by atoms with van der Waals surface area (Å²) in [5, 5.41) is 10.4. The first-order chi connectivity index (χ1) is 12.1. The molecule has 1 fully saturated rings. The van der Waals surface area contributed by atoms with Crippen LogP contribution in [0.5, 0.6) is 0 Å². The first-order valence-electron chi connectivity index (χ1n) is 8.79. The summed E-state index contributed by atoms with van der Waals surface area (Å²) in [6, 6.07) is 6.25. The summed E-state index contributed by atoms with van der Waals surface area (Å²) in [6.45, 7) is 3.58. The van der Waals surface area contributed by atoms with Gasteiger partial charge in [0.25, 0.3) is 0 Å². The zero-order chi connectivity index (χ0) is 17.8. The average Bonchev–Trinajstić information content (AvgIpc) is 3.08. The Labute approximate surface area is 147 Å². The number of aromatic nitrogens is 2. The number of aliphatic hydroxyl groups is 1. The topological polar surface area (TPSA) is 58.4 Å². The molecule has 0 aliphatic carbocycles. The van der Waals surface area contributed by atoms with E-state index in [4.69, 9.17) is 0 Å². The number of amides is 1. The molecule has 134 valence electrons. The monoisotopic (exact) mass is 345 g/mol. The van der Waals surface area contributed by atoms with Crippen LogP contribution in [0, 0.1) is 5.82 Å². The fourth-order valence-electron chi connectivity index (χ4n) is 3.49. The van der Waals surface area contributed by atoms with E-state index in [2.05, 4.69) is 4.98 Å². The van der Waals surface area contributed by atoms with Crippen LogP contribution in [0.15, 0.2) is 36.7 Å². The number of aliphatic hydroxyl groups excluding tert-OH is 1. The Morgan fingerprint density at radius 2 is 2.12 bits per heavy atom. The van der Waals surface area contributed by atoms with Crippen molar-refractivity contribution in [3.63, 3.8) is 0 Å². The molecule has 5 nitrogen and oxygen atoms in total. The number of rotatable bonds is 5. The van der Waals surface area contributed by atoms with E-state index in [-0.39, 0.29) is 17.6 Å². The molecule has 0 unspecified atom stereocenters. The Balaban J connectivity index is 1.55. The molecule has 1 aromatic heterocycles. The van der Waals surface area contributed by atoms with Gasteiger partial charge in [0.2, 0.25) is 5.91 Å². The predicted molar refractivity (Wildman–Crippen MR) is 92.6 cm³/mol. The summed E-state index contributed by atoms with van der Waals surface area (Å²) < 4.78 is 15.1. The first-order valence-corrected chi connectivity index (χ1v) is 8.79. The highest BCUT2D eigenvalue weighted by Crippen LogP contribution is 2.28. The van der Waals surface area contributed by atoms with Crippen molar-refractivity contribution in [3.8, 4) is 0 Å². The SMILES string of the molecule is CCc1nccn1CCC(=O)N1CC[C@H](c2ccc(F)cc2)[C@@H](O)C1. The zero-order valence-electron chi connectivity index (χ0n) is 14.4. The van der Waals surface area contributed by atoms with Gasteiger partial charge < -0.3 is 14.6 Å². The molecular weight excluding hydrogens is 321 g/mol. The predicted octanol–water partition coefficient (Wildman–Crippen LogP) is 2.35. The fraction of sp³-hybridized carbons (Fsp3) is 0.474. The summed E-state index contributed by atoms with van der Waals surface area (Å²) in [7, 11) is 0. The number of carbonyl (C=O) groups is 1. The number of β-amino-alcohol motifs (C(OH)–C–C–N with tert-alkyl or cyclic N) is 1. The van der Waals surface area contributed by atoms with Crippen LogP contribution in [-0.2, 0) is 17.8 Å². The highest BCUT2D eigenvalue weighted by atomic mass is 19.1. The maximum atomic E-state index is 13.1. The molecule has 3 rings (SSSR count). The molecule has 0 bridgehead atoms. The molecule has 1 N–H and O–H groups in total. The molecular formula is C19H24FN3O2. The lowest BCUT2D eigenvalue weighted by molar-refractivity contribution is -0.134. The molecule has 0 spiro atoms. The Bertz CT molecular complexity index is 714. The maximum Gasteiger partial charge on any atom is 0.224 e. The number of halogens is 1. The Kier molecular flexibility index (Phi) is 5.48. The normalized spacial score (nSPS) is 20.7. The molecule has 0 saturated carbocycles. The average molecular weight is 345 g/mol. The number of piperidine rings is 1. The molecule has 1 amide bonds. The van der Waals surface area contributed by atoms with Gasteiger partial charge in [-0.05, 0) is 24.1 Å². The minimum absolute atomic E-state index is 0.0485. The number of aryl methyl sites for hydroxylation is 2. The minimum Gasteiger partial charge on any atom is -0.391 e. The smallest absolute Gasteiger partial charge is 0.224 e. The van der Waals surface area contributed by atoms with Crippen molar-refractivity contribution < 1.29 is 14.3 Å². The molecule has 1 aliphatic heterocycles. The van der Waals surface area contributed by atoms with E-state index in [1.54, 1.807) is 23.2 Å². The van der Waals surface area contributed by atoms with Crippen LogP contribution in [0.1, 0.15) is 37.1 Å². The van der Waals surface area contributed by atoms with Gasteiger partial charge in [0.1, 0.15) is 11.6 Å². The van der Waals surface area contributed by atoms with Crippen LogP contribution in [-0.4, -0.2) is 44.7 Å². The highest BCUT2D eigenvalue weighted by molar-refractivity contribution is 5.76. The van der Waals surface area contributed by atoms with Crippen LogP contribution in [0.4, 0.5) is 4.39 Å². The van der Waals surface area contributed by atoms with Gasteiger partial charge >= 0.3 is 0 Å². The van der Waals surface area contributed by atoms with Crippen LogP contribution in [0.3, 0.4) is 0 Å². The first kappa shape index (κ1) is 17.6. The van der Waals surface area contributed by atoms with Gasteiger partial charge in [-0.25, -0.2) is 9.37 Å². The number of hydrogen-bond donors (Lipinski definition) is 1. The maximum absolute atomic E-state index is 13.1. The second-order valence-corrected chi connectivity index (χ2v) is 6.49. The van der Waals surface area contributed by atoms with Gasteiger partial charge in [-0.1, -0.05) is 19.1 Å². The molecule has 6 heteroatoms. The molecule has 1 aromatic carbocycles. The molecule has 2 heterocycles. The van der Waals surface area contributed by atoms with Crippen LogP contribution >= 0.6 is 0 Å². The third kappa shape index (κ3) is 4.07. The fourth-order valence-corrected chi connectivity index (χ4v) is 3.49. The van der Waals surface area contributed by atoms with Gasteiger partial charge in [0, 0.05) is 50.8 Å². The lowest BCUT2D eigenvalue weighted by Gasteiger charge is -2.36. The molecule has 1 aliphatic rings. The number of nitrogens with zero attached hydrogens (tertiary/aromatic N) is 3. The van der Waals surface area contributed by atoms with E-state index in [1.807, 2.05) is 17.7 Å². The summed E-state index contributed by atoms with van der Waals surface area (Å²) in [4.78, 5) is 18.4. The van der Waals surface area contributed by atoms with Gasteiger partial charge in [-0.15, -0.1) is 0 Å². The summed E-state index contributed by atoms with van der Waals surface area (Å²) >= 11 is 0. The van der Waals surface area contributed by atoms with E-state index < -0.39 is 6.10 Å². The Hall–Kier alpha value is -2.21. The zero-order valence-corrected chi connectivity index (χ0v) is 14.4. The van der Waals surface area contributed by atoms with Gasteiger partial charge in [-0.3, -0.25) is 4.79 Å². The second kappa shape index (κ2) is 7.78. The summed E-state index contributed by atoms with van der Waals surface area (Å²) in [5.74, 6) is 0.692. The van der Waals surface area contributed by atoms with E-state index >= 15 is 0 Å². The van der Waals surface area contributed by atoms with Gasteiger partial charge in [0.15, 0.2) is 0 Å². The van der Waals surface area contributed by atoms with Crippen molar-refractivity contribution in [1.82, 2.24) is 14.5 Å². The van der Waals surface area contributed by atoms with E-state index in [9.17, 15) is 14.3 Å². The minimum atomic E-state index is -0.623. The quantitative estimate of drug-likeness (QED) is 0.905. The lowest BCUT2D eigenvalue weighted by Crippen LogP contribution is -2.45. The standard InChI is InChI=1S/C19H24FN3O2/c1-2-18-21-9-12-22(18)11-8-19(25)23-10-7-16(17(24)13-23)14-3-5-15(20)6-4-14/h3-6,9,12,16-17,24H,2,7-8,10-11,13H2,1H3/t16-,17+/m1/s1. The van der Waals surface area contributed by atoms with E-state index in [1.165, 1.54) is 12.1 Å². The third-order valence-corrected chi connectivity index (χ3v) is 4.92. The van der Waals surface area contributed by atoms with Crippen LogP contribution in [0.25, 0.3) is 0 Å². The Morgan fingerprint density at radius 1 is 1.36 bits per heavy atom. The van der Waals surface area contributed by atoms with Gasteiger partial charge in [-0.2, -0.15) is 0 Å². The van der Waals surface area contributed by atoms with Gasteiger partial charge in [0.05, 0.1) is 6.10 Å². The Morgan fingerprint density at radius 3 is 2.80 bits per heavy atom. The second-order valence-electron chi connectivity index (χ2n) is 6.49. The van der Waals surface area contributed by atoms with Crippen molar-refractivity contribution in [3.05, 3.63) is 53.9 Å². The number of carbonyl (C=O) groups excluding carboxylic acids is 1. The van der Waals surface area contributed by atoms with Crippen molar-refractivity contribution in [1.29, 1.82) is 0 Å². The number of likely N-dealkylation sites (tertiary alicyclic amines) is 1. The number of imidazole rings is 1. The van der Waals surface area contributed by atoms with Crippen molar-refractivity contribution in [2.45, 2.75) is 44.8 Å². The molecule has 2 aromatic rings. The van der Waals surface area contributed by atoms with E-state index in [0.717, 1.165) is 17.8 Å². The molecule has 0 radical (unpaired) electrons. The van der Waals surface area contributed by atoms with Crippen LogP contribution in [0.2, 0.25) is 0 Å². The number of benzene rings is 1. The summed E-state index contributed by atoms with van der Waals surface area (Å²) in [6.07, 6.45) is 4.94. The summed E-state index contributed by atoms with van der Waals surface area (Å²) in [5.41, 5.74) is 0.923. The molecule has 25 heavy (non-hydrogen) atoms. The third-order valence-electron chi connectivity index (χ3n) is 4.92. The molecule has 1 saturated heterocycles. The lowest BCUT2D eigenvalue weighted by atomic mass is 9.87. The van der Waals surface area contributed by atoms with Crippen molar-refractivity contribution in [2.75, 3.05) is 13.1 Å².